The van der Waals surface area contributed by atoms with Crippen molar-refractivity contribution in [3.8, 4) is 0 Å². The highest BCUT2D eigenvalue weighted by atomic mass is 16.7. The van der Waals surface area contributed by atoms with Crippen molar-refractivity contribution in [3.05, 3.63) is 0 Å². The van der Waals surface area contributed by atoms with Crippen LogP contribution < -0.4 is 0 Å². The van der Waals surface area contributed by atoms with Crippen LogP contribution in [0.1, 0.15) is 40.0 Å². The second-order valence-corrected chi connectivity index (χ2v) is 3.19. The van der Waals surface area contributed by atoms with Crippen molar-refractivity contribution in [1.29, 1.82) is 0 Å². The minimum atomic E-state index is 0.0451. The van der Waals surface area contributed by atoms with E-state index in [-0.39, 0.29) is 6.29 Å². The maximum absolute atomic E-state index is 5.63. The third-order valence-corrected chi connectivity index (χ3v) is 2.11. The summed E-state index contributed by atoms with van der Waals surface area (Å²) in [6.07, 6.45) is 3.95. The number of hydrogen-bond donors (Lipinski definition) is 0. The fourth-order valence-electron chi connectivity index (χ4n) is 1.44. The standard InChI is InChI=1S/C9H18O2/c1-4-8-6-7(3)10-9(5-2)11-8/h7-9H,4-6H2,1-3H3. The Kier molecular flexibility index (Phi) is 3.34. The Morgan fingerprint density at radius 3 is 2.45 bits per heavy atom. The van der Waals surface area contributed by atoms with Crippen LogP contribution in [0, 0.1) is 0 Å². The Hall–Kier alpha value is -0.0800. The van der Waals surface area contributed by atoms with Crippen LogP contribution in [-0.4, -0.2) is 18.5 Å². The Morgan fingerprint density at radius 1 is 1.18 bits per heavy atom. The number of hydrogen-bond acceptors (Lipinski definition) is 2. The molecule has 0 saturated carbocycles. The summed E-state index contributed by atoms with van der Waals surface area (Å²) in [5.41, 5.74) is 0. The molecule has 3 unspecified atom stereocenters. The smallest absolute Gasteiger partial charge is 0.158 e. The van der Waals surface area contributed by atoms with Gasteiger partial charge in [0, 0.05) is 0 Å². The fourth-order valence-corrected chi connectivity index (χ4v) is 1.44. The summed E-state index contributed by atoms with van der Waals surface area (Å²) in [7, 11) is 0. The van der Waals surface area contributed by atoms with E-state index in [4.69, 9.17) is 9.47 Å². The molecule has 0 radical (unpaired) electrons. The van der Waals surface area contributed by atoms with E-state index in [0.29, 0.717) is 12.2 Å². The van der Waals surface area contributed by atoms with Crippen LogP contribution in [0.5, 0.6) is 0 Å². The van der Waals surface area contributed by atoms with Crippen LogP contribution in [0.4, 0.5) is 0 Å². The third kappa shape index (κ3) is 2.46. The van der Waals surface area contributed by atoms with Gasteiger partial charge in [-0.3, -0.25) is 0 Å². The average Bonchev–Trinajstić information content (AvgIpc) is 2.03. The van der Waals surface area contributed by atoms with Gasteiger partial charge in [0.05, 0.1) is 12.2 Å². The quantitative estimate of drug-likeness (QED) is 0.614. The molecule has 66 valence electrons. The first-order valence-electron chi connectivity index (χ1n) is 4.57. The van der Waals surface area contributed by atoms with Crippen LogP contribution in [0.3, 0.4) is 0 Å². The molecular weight excluding hydrogens is 140 g/mol. The molecule has 1 rings (SSSR count). The normalized spacial score (nSPS) is 39.0. The Bertz CT molecular complexity index is 102. The molecule has 2 heteroatoms. The zero-order chi connectivity index (χ0) is 8.27. The van der Waals surface area contributed by atoms with E-state index in [1.165, 1.54) is 0 Å². The van der Waals surface area contributed by atoms with E-state index in [1.54, 1.807) is 0 Å². The first kappa shape index (κ1) is 9.01. The molecule has 0 N–H and O–H groups in total. The lowest BCUT2D eigenvalue weighted by Gasteiger charge is -2.33. The van der Waals surface area contributed by atoms with Gasteiger partial charge in [-0.2, -0.15) is 0 Å². The second-order valence-electron chi connectivity index (χ2n) is 3.19. The summed E-state index contributed by atoms with van der Waals surface area (Å²) < 4.78 is 11.2. The Morgan fingerprint density at radius 2 is 1.91 bits per heavy atom. The summed E-state index contributed by atoms with van der Waals surface area (Å²) in [5, 5.41) is 0. The first-order valence-corrected chi connectivity index (χ1v) is 4.57. The summed E-state index contributed by atoms with van der Waals surface area (Å²) in [5.74, 6) is 0. The summed E-state index contributed by atoms with van der Waals surface area (Å²) in [4.78, 5) is 0. The fraction of sp³-hybridized carbons (Fsp3) is 1.00. The van der Waals surface area contributed by atoms with Gasteiger partial charge in [-0.25, -0.2) is 0 Å². The number of ether oxygens (including phenoxy) is 2. The molecule has 0 bridgehead atoms. The Labute approximate surface area is 68.9 Å². The van der Waals surface area contributed by atoms with Crippen molar-refractivity contribution in [2.75, 3.05) is 0 Å². The molecule has 1 heterocycles. The van der Waals surface area contributed by atoms with Crippen LogP contribution in [0.15, 0.2) is 0 Å². The lowest BCUT2D eigenvalue weighted by atomic mass is 10.1. The lowest BCUT2D eigenvalue weighted by Crippen LogP contribution is -2.36. The van der Waals surface area contributed by atoms with E-state index in [0.717, 1.165) is 19.3 Å². The molecule has 11 heavy (non-hydrogen) atoms. The van der Waals surface area contributed by atoms with Crippen molar-refractivity contribution in [1.82, 2.24) is 0 Å². The summed E-state index contributed by atoms with van der Waals surface area (Å²) in [6.45, 7) is 6.37. The molecule has 1 aliphatic rings. The molecule has 0 spiro atoms. The molecule has 0 aromatic carbocycles. The predicted molar refractivity (Wildman–Crippen MR) is 44.4 cm³/mol. The molecule has 1 saturated heterocycles. The highest BCUT2D eigenvalue weighted by Crippen LogP contribution is 2.21. The zero-order valence-corrected chi connectivity index (χ0v) is 7.67. The van der Waals surface area contributed by atoms with Gasteiger partial charge in [0.2, 0.25) is 0 Å². The second kappa shape index (κ2) is 4.07. The van der Waals surface area contributed by atoms with E-state index in [9.17, 15) is 0 Å². The van der Waals surface area contributed by atoms with Gasteiger partial charge < -0.3 is 9.47 Å². The van der Waals surface area contributed by atoms with Crippen molar-refractivity contribution in [2.45, 2.75) is 58.5 Å². The van der Waals surface area contributed by atoms with Gasteiger partial charge in [-0.1, -0.05) is 13.8 Å². The van der Waals surface area contributed by atoms with Crippen molar-refractivity contribution in [3.63, 3.8) is 0 Å². The maximum Gasteiger partial charge on any atom is 0.158 e. The van der Waals surface area contributed by atoms with E-state index in [2.05, 4.69) is 20.8 Å². The highest BCUT2D eigenvalue weighted by Gasteiger charge is 2.24. The van der Waals surface area contributed by atoms with Crippen LogP contribution in [0.2, 0.25) is 0 Å². The molecule has 0 aliphatic carbocycles. The first-order chi connectivity index (χ1) is 5.26. The molecule has 2 nitrogen and oxygen atoms in total. The van der Waals surface area contributed by atoms with Crippen molar-refractivity contribution in [2.24, 2.45) is 0 Å². The average molecular weight is 158 g/mol. The van der Waals surface area contributed by atoms with Gasteiger partial charge in [0.25, 0.3) is 0 Å². The molecule has 0 amide bonds. The minimum Gasteiger partial charge on any atom is -0.350 e. The molecule has 3 atom stereocenters. The molecule has 0 aromatic heterocycles. The van der Waals surface area contributed by atoms with E-state index in [1.807, 2.05) is 0 Å². The van der Waals surface area contributed by atoms with Crippen LogP contribution in [-0.2, 0) is 9.47 Å². The van der Waals surface area contributed by atoms with Gasteiger partial charge in [-0.05, 0) is 26.2 Å². The Balaban J connectivity index is 2.37. The van der Waals surface area contributed by atoms with E-state index >= 15 is 0 Å². The van der Waals surface area contributed by atoms with Gasteiger partial charge in [0.15, 0.2) is 6.29 Å². The van der Waals surface area contributed by atoms with E-state index < -0.39 is 0 Å². The molecule has 1 aliphatic heterocycles. The monoisotopic (exact) mass is 158 g/mol. The van der Waals surface area contributed by atoms with Gasteiger partial charge >= 0.3 is 0 Å². The number of rotatable bonds is 2. The van der Waals surface area contributed by atoms with Crippen molar-refractivity contribution < 1.29 is 9.47 Å². The van der Waals surface area contributed by atoms with Gasteiger partial charge in [0.1, 0.15) is 0 Å². The molecule has 0 aromatic rings. The summed E-state index contributed by atoms with van der Waals surface area (Å²) in [6, 6.07) is 0. The SMILES string of the molecule is CCC1CC(C)OC(CC)O1. The maximum atomic E-state index is 5.63. The van der Waals surface area contributed by atoms with Crippen molar-refractivity contribution >= 4 is 0 Å². The van der Waals surface area contributed by atoms with Crippen LogP contribution in [0.25, 0.3) is 0 Å². The summed E-state index contributed by atoms with van der Waals surface area (Å²) >= 11 is 0. The largest absolute Gasteiger partial charge is 0.350 e. The van der Waals surface area contributed by atoms with Gasteiger partial charge in [-0.15, -0.1) is 0 Å². The third-order valence-electron chi connectivity index (χ3n) is 2.11. The minimum absolute atomic E-state index is 0.0451. The zero-order valence-electron chi connectivity index (χ0n) is 7.67. The lowest BCUT2D eigenvalue weighted by molar-refractivity contribution is -0.239. The molecule has 1 fully saturated rings. The highest BCUT2D eigenvalue weighted by molar-refractivity contribution is 4.67. The topological polar surface area (TPSA) is 18.5 Å². The van der Waals surface area contributed by atoms with Crippen LogP contribution >= 0.6 is 0 Å². The predicted octanol–water partition coefficient (Wildman–Crippen LogP) is 2.33. The molecular formula is C9H18O2.